The molecule has 0 aliphatic heterocycles. The highest BCUT2D eigenvalue weighted by molar-refractivity contribution is 5.94. The summed E-state index contributed by atoms with van der Waals surface area (Å²) in [7, 11) is 0. The van der Waals surface area contributed by atoms with Gasteiger partial charge in [-0.25, -0.2) is 9.67 Å². The molecule has 0 fully saturated rings. The van der Waals surface area contributed by atoms with Crippen LogP contribution >= 0.6 is 0 Å². The van der Waals surface area contributed by atoms with Crippen molar-refractivity contribution in [1.29, 1.82) is 0 Å². The van der Waals surface area contributed by atoms with E-state index in [-0.39, 0.29) is 5.91 Å². The zero-order valence-corrected chi connectivity index (χ0v) is 14.2. The highest BCUT2D eigenvalue weighted by Crippen LogP contribution is 2.19. The molecule has 6 heteroatoms. The first-order chi connectivity index (χ1) is 12.2. The summed E-state index contributed by atoms with van der Waals surface area (Å²) in [6, 6.07) is 13.1. The average Bonchev–Trinajstić information content (AvgIpc) is 3.16. The van der Waals surface area contributed by atoms with Crippen LogP contribution in [0.3, 0.4) is 0 Å². The fourth-order valence-corrected chi connectivity index (χ4v) is 2.39. The van der Waals surface area contributed by atoms with Crippen LogP contribution in [0.25, 0.3) is 5.82 Å². The van der Waals surface area contributed by atoms with Crippen molar-refractivity contribution in [3.05, 3.63) is 66.6 Å². The Balaban J connectivity index is 1.66. The molecule has 1 amide bonds. The average molecular weight is 336 g/mol. The number of hydrogen-bond donors (Lipinski definition) is 1. The van der Waals surface area contributed by atoms with Crippen LogP contribution < -0.4 is 10.1 Å². The van der Waals surface area contributed by atoms with E-state index in [2.05, 4.69) is 15.4 Å². The van der Waals surface area contributed by atoms with Crippen LogP contribution in [0, 0.1) is 6.92 Å². The summed E-state index contributed by atoms with van der Waals surface area (Å²) in [5.74, 6) is 1.21. The number of anilines is 1. The van der Waals surface area contributed by atoms with E-state index in [4.69, 9.17) is 4.74 Å². The van der Waals surface area contributed by atoms with Crippen LogP contribution in [0.1, 0.15) is 18.9 Å². The van der Waals surface area contributed by atoms with E-state index >= 15 is 0 Å². The molecule has 3 rings (SSSR count). The predicted octanol–water partition coefficient (Wildman–Crippen LogP) is 3.37. The third-order valence-corrected chi connectivity index (χ3v) is 3.78. The number of para-hydroxylation sites is 1. The summed E-state index contributed by atoms with van der Waals surface area (Å²) < 4.78 is 7.52. The normalized spacial score (nSPS) is 11.8. The molecule has 1 aromatic carbocycles. The Morgan fingerprint density at radius 1 is 1.24 bits per heavy atom. The maximum absolute atomic E-state index is 12.5. The summed E-state index contributed by atoms with van der Waals surface area (Å²) in [5, 5.41) is 6.97. The number of carbonyl (C=O) groups excluding carboxylic acids is 1. The summed E-state index contributed by atoms with van der Waals surface area (Å²) in [5.41, 5.74) is 1.62. The zero-order chi connectivity index (χ0) is 17.6. The van der Waals surface area contributed by atoms with Gasteiger partial charge in [0.25, 0.3) is 5.91 Å². The number of hydrogen-bond acceptors (Lipinski definition) is 4. The third kappa shape index (κ3) is 4.03. The van der Waals surface area contributed by atoms with E-state index in [0.29, 0.717) is 17.9 Å². The third-order valence-electron chi connectivity index (χ3n) is 3.78. The number of nitrogens with zero attached hydrogens (tertiary/aromatic N) is 3. The molecule has 128 valence electrons. The topological polar surface area (TPSA) is 69.0 Å². The maximum atomic E-state index is 12.5. The van der Waals surface area contributed by atoms with Crippen LogP contribution in [0.2, 0.25) is 0 Å². The van der Waals surface area contributed by atoms with Crippen LogP contribution in [0.15, 0.2) is 61.1 Å². The predicted molar refractivity (Wildman–Crippen MR) is 95.9 cm³/mol. The molecular formula is C19H20N4O2. The van der Waals surface area contributed by atoms with Crippen molar-refractivity contribution in [3.63, 3.8) is 0 Å². The van der Waals surface area contributed by atoms with E-state index in [9.17, 15) is 4.79 Å². The minimum absolute atomic E-state index is 0.195. The number of aromatic nitrogens is 3. The maximum Gasteiger partial charge on any atom is 0.265 e. The molecule has 0 aliphatic rings. The van der Waals surface area contributed by atoms with E-state index in [0.717, 1.165) is 11.3 Å². The van der Waals surface area contributed by atoms with E-state index in [1.165, 1.54) is 0 Å². The zero-order valence-electron chi connectivity index (χ0n) is 14.2. The van der Waals surface area contributed by atoms with Crippen molar-refractivity contribution >= 4 is 11.6 Å². The van der Waals surface area contributed by atoms with Gasteiger partial charge in [0, 0.05) is 12.4 Å². The largest absolute Gasteiger partial charge is 0.480 e. The second-order valence-corrected chi connectivity index (χ2v) is 5.63. The molecular weight excluding hydrogens is 316 g/mol. The molecule has 3 aromatic rings. The fourth-order valence-electron chi connectivity index (χ4n) is 2.39. The Bertz CT molecular complexity index is 829. The number of rotatable bonds is 6. The number of pyridine rings is 1. The molecule has 0 saturated carbocycles. The summed E-state index contributed by atoms with van der Waals surface area (Å²) in [6.45, 7) is 3.87. The molecule has 6 nitrogen and oxygen atoms in total. The second-order valence-electron chi connectivity index (χ2n) is 5.63. The van der Waals surface area contributed by atoms with Gasteiger partial charge in [-0.2, -0.15) is 5.10 Å². The molecule has 1 atom stereocenters. The monoisotopic (exact) mass is 336 g/mol. The summed E-state index contributed by atoms with van der Waals surface area (Å²) >= 11 is 0. The first-order valence-corrected chi connectivity index (χ1v) is 8.16. The van der Waals surface area contributed by atoms with Gasteiger partial charge in [0.15, 0.2) is 11.9 Å². The lowest BCUT2D eigenvalue weighted by Crippen LogP contribution is -2.32. The number of aryl methyl sites for hydroxylation is 1. The van der Waals surface area contributed by atoms with Crippen LogP contribution in [0.4, 0.5) is 5.69 Å². The first kappa shape index (κ1) is 16.7. The molecule has 0 saturated heterocycles. The Morgan fingerprint density at radius 3 is 2.72 bits per heavy atom. The summed E-state index contributed by atoms with van der Waals surface area (Å²) in [6.07, 6.45) is 5.11. The lowest BCUT2D eigenvalue weighted by Gasteiger charge is -2.18. The van der Waals surface area contributed by atoms with E-state index in [1.54, 1.807) is 29.2 Å². The molecule has 0 bridgehead atoms. The number of carbonyl (C=O) groups is 1. The van der Waals surface area contributed by atoms with Gasteiger partial charge in [0.1, 0.15) is 5.75 Å². The van der Waals surface area contributed by atoms with Gasteiger partial charge in [0.2, 0.25) is 0 Å². The molecule has 2 heterocycles. The van der Waals surface area contributed by atoms with Crippen molar-refractivity contribution in [2.24, 2.45) is 0 Å². The van der Waals surface area contributed by atoms with Crippen LogP contribution in [-0.4, -0.2) is 26.8 Å². The lowest BCUT2D eigenvalue weighted by atomic mass is 10.2. The van der Waals surface area contributed by atoms with Gasteiger partial charge in [-0.05, 0) is 43.2 Å². The Hall–Kier alpha value is -3.15. The minimum atomic E-state index is -0.563. The highest BCUT2D eigenvalue weighted by atomic mass is 16.5. The van der Waals surface area contributed by atoms with Crippen molar-refractivity contribution in [2.45, 2.75) is 26.4 Å². The van der Waals surface area contributed by atoms with Crippen molar-refractivity contribution < 1.29 is 9.53 Å². The Kier molecular flexibility index (Phi) is 5.09. The van der Waals surface area contributed by atoms with Gasteiger partial charge in [-0.15, -0.1) is 0 Å². The quantitative estimate of drug-likeness (QED) is 0.749. The molecule has 0 radical (unpaired) electrons. The van der Waals surface area contributed by atoms with Gasteiger partial charge in [0.05, 0.1) is 11.9 Å². The van der Waals surface area contributed by atoms with Gasteiger partial charge >= 0.3 is 0 Å². The molecule has 1 N–H and O–H groups in total. The molecule has 2 aromatic heterocycles. The fraction of sp³-hybridized carbons (Fsp3) is 0.211. The number of amides is 1. The standard InChI is InChI=1S/C19H20N4O2/c1-3-16(25-17-8-5-4-7-14(17)2)19(24)22-15-9-10-18(20-13-15)23-12-6-11-21-23/h4-13,16H,3H2,1-2H3,(H,22,24)/t16-/m0/s1. The first-order valence-electron chi connectivity index (χ1n) is 8.16. The van der Waals surface area contributed by atoms with E-state index < -0.39 is 6.10 Å². The van der Waals surface area contributed by atoms with E-state index in [1.807, 2.05) is 50.4 Å². The Labute approximate surface area is 146 Å². The smallest absolute Gasteiger partial charge is 0.265 e. The Morgan fingerprint density at radius 2 is 2.08 bits per heavy atom. The summed E-state index contributed by atoms with van der Waals surface area (Å²) in [4.78, 5) is 16.8. The molecule has 0 unspecified atom stereocenters. The number of benzene rings is 1. The number of nitrogens with one attached hydrogen (secondary N) is 1. The van der Waals surface area contributed by atoms with Crippen molar-refractivity contribution in [2.75, 3.05) is 5.32 Å². The number of ether oxygens (including phenoxy) is 1. The molecule has 0 spiro atoms. The van der Waals surface area contributed by atoms with Crippen molar-refractivity contribution in [1.82, 2.24) is 14.8 Å². The van der Waals surface area contributed by atoms with Gasteiger partial charge < -0.3 is 10.1 Å². The molecule has 25 heavy (non-hydrogen) atoms. The second kappa shape index (κ2) is 7.61. The SMILES string of the molecule is CC[C@H](Oc1ccccc1C)C(=O)Nc1ccc(-n2cccn2)nc1. The van der Waals surface area contributed by atoms with Gasteiger partial charge in [-0.1, -0.05) is 25.1 Å². The van der Waals surface area contributed by atoms with Crippen molar-refractivity contribution in [3.8, 4) is 11.6 Å². The highest BCUT2D eigenvalue weighted by Gasteiger charge is 2.19. The van der Waals surface area contributed by atoms with Crippen LogP contribution in [0.5, 0.6) is 5.75 Å². The molecule has 0 aliphatic carbocycles. The van der Waals surface area contributed by atoms with Gasteiger partial charge in [-0.3, -0.25) is 4.79 Å². The minimum Gasteiger partial charge on any atom is -0.480 e. The lowest BCUT2D eigenvalue weighted by molar-refractivity contribution is -0.122. The van der Waals surface area contributed by atoms with Crippen LogP contribution in [-0.2, 0) is 4.79 Å².